The molecule has 0 heterocycles. The number of carboxylic acid groups (broad SMARTS) is 1. The van der Waals surface area contributed by atoms with E-state index in [4.69, 9.17) is 10.8 Å². The van der Waals surface area contributed by atoms with Crippen LogP contribution in [-0.2, 0) is 14.4 Å². The molecule has 6 N–H and O–H groups in total. The molecule has 0 aliphatic carbocycles. The molecular formula is C10H19N3O5S2. The average molecular weight is 325 g/mol. The first-order chi connectivity index (χ1) is 9.24. The van der Waals surface area contributed by atoms with Gasteiger partial charge in [0.1, 0.15) is 18.1 Å². The molecule has 0 rings (SSSR count). The molecule has 0 bridgehead atoms. The van der Waals surface area contributed by atoms with Crippen molar-refractivity contribution in [2.45, 2.75) is 31.2 Å². The van der Waals surface area contributed by atoms with Crippen molar-refractivity contribution in [3.8, 4) is 0 Å². The number of amides is 2. The number of carboxylic acids is 1. The maximum Gasteiger partial charge on any atom is 0.327 e. The Morgan fingerprint density at radius 2 is 1.55 bits per heavy atom. The zero-order valence-electron chi connectivity index (χ0n) is 10.8. The largest absolute Gasteiger partial charge is 0.480 e. The molecular weight excluding hydrogens is 306 g/mol. The lowest BCUT2D eigenvalue weighted by atomic mass is 10.1. The highest BCUT2D eigenvalue weighted by Crippen LogP contribution is 1.96. The highest BCUT2D eigenvalue weighted by molar-refractivity contribution is 7.80. The van der Waals surface area contributed by atoms with Gasteiger partial charge in [-0.05, 0) is 6.92 Å². The SMILES string of the molecule is C[C@@H](O)[C@H](N)C(=O)N[C@@H](CS)C(=O)N[C@@H](CS)C(=O)O. The summed E-state index contributed by atoms with van der Waals surface area (Å²) in [5, 5.41) is 22.5. The van der Waals surface area contributed by atoms with E-state index < -0.39 is 42.0 Å². The molecule has 0 spiro atoms. The van der Waals surface area contributed by atoms with E-state index in [1.807, 2.05) is 0 Å². The predicted octanol–water partition coefficient (Wildman–Crippen LogP) is -2.39. The Labute approximate surface area is 127 Å². The van der Waals surface area contributed by atoms with Gasteiger partial charge in [-0.3, -0.25) is 9.59 Å². The molecule has 0 saturated carbocycles. The zero-order chi connectivity index (χ0) is 15.9. The number of nitrogens with one attached hydrogen (secondary N) is 2. The Kier molecular flexibility index (Phi) is 8.62. The topological polar surface area (TPSA) is 142 Å². The second-order valence-electron chi connectivity index (χ2n) is 4.09. The lowest BCUT2D eigenvalue weighted by Crippen LogP contribution is -2.57. The molecule has 0 unspecified atom stereocenters. The molecule has 10 heteroatoms. The first-order valence-corrected chi connectivity index (χ1v) is 7.00. The Bertz CT molecular complexity index is 367. The van der Waals surface area contributed by atoms with Crippen LogP contribution in [0.5, 0.6) is 0 Å². The van der Waals surface area contributed by atoms with E-state index in [1.165, 1.54) is 6.92 Å². The van der Waals surface area contributed by atoms with Crippen LogP contribution >= 0.6 is 25.3 Å². The molecule has 0 aliphatic heterocycles. The Morgan fingerprint density at radius 3 is 1.90 bits per heavy atom. The quantitative estimate of drug-likeness (QED) is 0.248. The highest BCUT2D eigenvalue weighted by Gasteiger charge is 2.27. The van der Waals surface area contributed by atoms with Crippen molar-refractivity contribution in [3.63, 3.8) is 0 Å². The number of rotatable bonds is 8. The van der Waals surface area contributed by atoms with Crippen molar-refractivity contribution in [1.82, 2.24) is 10.6 Å². The van der Waals surface area contributed by atoms with Gasteiger partial charge in [-0.25, -0.2) is 4.79 Å². The van der Waals surface area contributed by atoms with Crippen molar-refractivity contribution < 1.29 is 24.6 Å². The van der Waals surface area contributed by atoms with E-state index in [0.717, 1.165) is 0 Å². The fraction of sp³-hybridized carbons (Fsp3) is 0.700. The number of nitrogens with two attached hydrogens (primary N) is 1. The van der Waals surface area contributed by atoms with Crippen molar-refractivity contribution in [1.29, 1.82) is 0 Å². The molecule has 8 nitrogen and oxygen atoms in total. The number of hydrogen-bond donors (Lipinski definition) is 7. The summed E-state index contributed by atoms with van der Waals surface area (Å²) in [4.78, 5) is 34.2. The van der Waals surface area contributed by atoms with Crippen LogP contribution in [0, 0.1) is 0 Å². The van der Waals surface area contributed by atoms with Crippen LogP contribution < -0.4 is 16.4 Å². The summed E-state index contributed by atoms with van der Waals surface area (Å²) in [5.74, 6) is -2.83. The minimum atomic E-state index is -1.24. The van der Waals surface area contributed by atoms with E-state index in [9.17, 15) is 19.5 Å². The van der Waals surface area contributed by atoms with Crippen LogP contribution in [0.4, 0.5) is 0 Å². The molecule has 0 fully saturated rings. The summed E-state index contributed by atoms with van der Waals surface area (Å²) in [7, 11) is 0. The van der Waals surface area contributed by atoms with Crippen molar-refractivity contribution in [2.24, 2.45) is 5.73 Å². The average Bonchev–Trinajstić information content (AvgIpc) is 2.39. The van der Waals surface area contributed by atoms with Crippen LogP contribution in [0.15, 0.2) is 0 Å². The fourth-order valence-corrected chi connectivity index (χ4v) is 1.64. The van der Waals surface area contributed by atoms with Gasteiger partial charge in [0.2, 0.25) is 11.8 Å². The van der Waals surface area contributed by atoms with Gasteiger partial charge in [0.15, 0.2) is 0 Å². The number of aliphatic carboxylic acids is 1. The summed E-state index contributed by atoms with van der Waals surface area (Å²) in [6, 6.07) is -3.42. The molecule has 0 saturated heterocycles. The Morgan fingerprint density at radius 1 is 1.10 bits per heavy atom. The van der Waals surface area contributed by atoms with Crippen LogP contribution in [0.1, 0.15) is 6.92 Å². The molecule has 2 amide bonds. The van der Waals surface area contributed by atoms with Gasteiger partial charge >= 0.3 is 5.97 Å². The molecule has 20 heavy (non-hydrogen) atoms. The predicted molar refractivity (Wildman–Crippen MR) is 78.9 cm³/mol. The number of aliphatic hydroxyl groups is 1. The van der Waals surface area contributed by atoms with Gasteiger partial charge in [0.25, 0.3) is 0 Å². The first-order valence-electron chi connectivity index (χ1n) is 5.73. The molecule has 0 radical (unpaired) electrons. The zero-order valence-corrected chi connectivity index (χ0v) is 12.6. The van der Waals surface area contributed by atoms with E-state index in [2.05, 4.69) is 35.9 Å². The third-order valence-electron chi connectivity index (χ3n) is 2.44. The van der Waals surface area contributed by atoms with Gasteiger partial charge in [-0.2, -0.15) is 25.3 Å². The summed E-state index contributed by atoms with van der Waals surface area (Å²) in [6.07, 6.45) is -1.08. The second kappa shape index (κ2) is 9.06. The van der Waals surface area contributed by atoms with E-state index >= 15 is 0 Å². The second-order valence-corrected chi connectivity index (χ2v) is 4.82. The van der Waals surface area contributed by atoms with Gasteiger partial charge in [-0.15, -0.1) is 0 Å². The Balaban J connectivity index is 4.64. The summed E-state index contributed by atoms with van der Waals surface area (Å²) in [5.41, 5.74) is 5.41. The number of aliphatic hydroxyl groups excluding tert-OH is 1. The minimum absolute atomic E-state index is 0.0526. The molecule has 0 aliphatic rings. The maximum atomic E-state index is 11.8. The summed E-state index contributed by atoms with van der Waals surface area (Å²) < 4.78 is 0. The molecule has 0 aromatic rings. The molecule has 0 aromatic carbocycles. The minimum Gasteiger partial charge on any atom is -0.480 e. The van der Waals surface area contributed by atoms with Crippen LogP contribution in [0.2, 0.25) is 0 Å². The number of carbonyl (C=O) groups excluding carboxylic acids is 2. The van der Waals surface area contributed by atoms with Crippen LogP contribution in [0.3, 0.4) is 0 Å². The van der Waals surface area contributed by atoms with Gasteiger partial charge < -0.3 is 26.6 Å². The van der Waals surface area contributed by atoms with E-state index in [0.29, 0.717) is 0 Å². The molecule has 0 aromatic heterocycles. The van der Waals surface area contributed by atoms with Gasteiger partial charge in [0, 0.05) is 11.5 Å². The lowest BCUT2D eigenvalue weighted by Gasteiger charge is -2.21. The van der Waals surface area contributed by atoms with Crippen LogP contribution in [-0.4, -0.2) is 63.7 Å². The first kappa shape index (κ1) is 19.0. The highest BCUT2D eigenvalue weighted by atomic mass is 32.1. The molecule has 116 valence electrons. The third-order valence-corrected chi connectivity index (χ3v) is 3.17. The summed E-state index contributed by atoms with van der Waals surface area (Å²) >= 11 is 7.71. The fourth-order valence-electron chi connectivity index (χ4n) is 1.14. The summed E-state index contributed by atoms with van der Waals surface area (Å²) in [6.45, 7) is 1.33. The molecule has 4 atom stereocenters. The monoisotopic (exact) mass is 325 g/mol. The Hall–Kier alpha value is -0.970. The van der Waals surface area contributed by atoms with E-state index in [-0.39, 0.29) is 11.5 Å². The number of hydrogen-bond acceptors (Lipinski definition) is 7. The van der Waals surface area contributed by atoms with Gasteiger partial charge in [-0.1, -0.05) is 0 Å². The van der Waals surface area contributed by atoms with E-state index in [1.54, 1.807) is 0 Å². The lowest BCUT2D eigenvalue weighted by molar-refractivity contribution is -0.141. The van der Waals surface area contributed by atoms with Gasteiger partial charge in [0.05, 0.1) is 6.10 Å². The van der Waals surface area contributed by atoms with Crippen LogP contribution in [0.25, 0.3) is 0 Å². The van der Waals surface area contributed by atoms with Crippen molar-refractivity contribution >= 4 is 43.0 Å². The van der Waals surface area contributed by atoms with Crippen molar-refractivity contribution in [2.75, 3.05) is 11.5 Å². The van der Waals surface area contributed by atoms with Crippen molar-refractivity contribution in [3.05, 3.63) is 0 Å². The number of thiol groups is 2. The standard InChI is InChI=1S/C10H19N3O5S2/c1-4(14)7(11)9(16)12-5(2-19)8(15)13-6(3-20)10(17)18/h4-7,14,19-20H,2-3,11H2,1H3,(H,12,16)(H,13,15)(H,17,18)/t4-,5+,6+,7+/m1/s1. The normalized spacial score (nSPS) is 16.6. The maximum absolute atomic E-state index is 11.8. The number of carbonyl (C=O) groups is 3. The smallest absolute Gasteiger partial charge is 0.327 e. The third kappa shape index (κ3) is 5.99.